The summed E-state index contributed by atoms with van der Waals surface area (Å²) < 4.78 is 17.0. The number of carbonyl (C=O) groups is 1. The molecule has 0 spiro atoms. The third-order valence-corrected chi connectivity index (χ3v) is 11.4. The number of hydrogen-bond acceptors (Lipinski definition) is 18. The molecule has 0 radical (unpaired) electrons. The van der Waals surface area contributed by atoms with E-state index in [4.69, 9.17) is 33.4 Å². The van der Waals surface area contributed by atoms with Crippen LogP contribution in [0, 0.1) is 22.7 Å². The molecular weight excluding hydrogens is 884 g/mol. The zero-order valence-corrected chi connectivity index (χ0v) is 38.5. The molecule has 19 nitrogen and oxygen atoms in total. The molecule has 350 valence electrons. The molecule has 9 heterocycles. The molecule has 1 amide bonds. The first-order chi connectivity index (χ1) is 33.7. The van der Waals surface area contributed by atoms with Gasteiger partial charge in [0.05, 0.1) is 84.1 Å². The molecule has 3 fully saturated rings. The van der Waals surface area contributed by atoms with Crippen molar-refractivity contribution < 1.29 is 15.6 Å². The molecule has 68 heavy (non-hydrogen) atoms. The maximum atomic E-state index is 11.5. The first kappa shape index (κ1) is 47.2. The minimum atomic E-state index is -0.352. The smallest absolute Gasteiger partial charge is 0.227 e. The standard InChI is InChI=1S/C26H29N9O2.C20H18ClN7O.C2H6/c27-14-18-12-19(15-31-25(18)35-7-1-2-22(35)13-24(28)36)23-5-6-29-26(33-23)32-20-3-4-21(30-16-20)17-34-8-10-37-11-9-34;21-19-14(10-22)9-15(11-25-19)18-3-4-23-20(27-18)26-16-1-2-17(24-12-16)13-28-5-7-29-8-6-28;1-2/h3-6,12,15-16,22H,1-2,7-11,13,17H2,(H2,28,36)(H,29,32,33);1-4,9,11-12H,5-8,13H2,(H,23,26,27);1-2H3/i;;1D. The SMILES string of the molecule is N#Cc1cc(-c2ccnc(Nc3ccc(CN4CCOCC4)nc3)n2)cnc1Cl.N#Cc1cc(-c2ccnc(Nc3ccc(CN4CCOCC4)nc3)n2)cnc1N1CCCC1CC(N)=O.[2H]CC. The van der Waals surface area contributed by atoms with Gasteiger partial charge in [-0.15, -0.1) is 0 Å². The van der Waals surface area contributed by atoms with Gasteiger partial charge < -0.3 is 30.7 Å². The Morgan fingerprint density at radius 1 is 0.750 bits per heavy atom. The number of carbonyl (C=O) groups excluding carboxylic acids is 1. The lowest BCUT2D eigenvalue weighted by Crippen LogP contribution is -2.35. The molecule has 1 atom stereocenters. The van der Waals surface area contributed by atoms with Gasteiger partial charge in [-0.2, -0.15) is 10.5 Å². The van der Waals surface area contributed by atoms with Gasteiger partial charge in [0.15, 0.2) is 0 Å². The first-order valence-corrected chi connectivity index (χ1v) is 22.6. The van der Waals surface area contributed by atoms with Gasteiger partial charge in [0, 0.05) is 95.6 Å². The lowest BCUT2D eigenvalue weighted by Gasteiger charge is -2.26. The van der Waals surface area contributed by atoms with Crippen molar-refractivity contribution in [2.75, 3.05) is 74.7 Å². The number of morpholine rings is 2. The van der Waals surface area contributed by atoms with Gasteiger partial charge in [-0.25, -0.2) is 29.9 Å². The topological polar surface area (TPSA) is 246 Å². The molecule has 0 saturated carbocycles. The molecule has 4 N–H and O–H groups in total. The Morgan fingerprint density at radius 2 is 1.26 bits per heavy atom. The summed E-state index contributed by atoms with van der Waals surface area (Å²) in [6.07, 6.45) is 12.1. The summed E-state index contributed by atoms with van der Waals surface area (Å²) in [7, 11) is 0. The number of halogens is 1. The quantitative estimate of drug-likeness (QED) is 0.108. The predicted molar refractivity (Wildman–Crippen MR) is 258 cm³/mol. The summed E-state index contributed by atoms with van der Waals surface area (Å²) in [5, 5.41) is 25.5. The van der Waals surface area contributed by atoms with E-state index < -0.39 is 0 Å². The van der Waals surface area contributed by atoms with Crippen LogP contribution in [0.25, 0.3) is 22.5 Å². The van der Waals surface area contributed by atoms with Crippen molar-refractivity contribution in [2.24, 2.45) is 5.73 Å². The van der Waals surface area contributed by atoms with E-state index in [1.807, 2.05) is 35.2 Å². The summed E-state index contributed by atoms with van der Waals surface area (Å²) in [5.41, 5.74) is 12.4. The third kappa shape index (κ3) is 13.4. The van der Waals surface area contributed by atoms with Gasteiger partial charge >= 0.3 is 0 Å². The highest BCUT2D eigenvalue weighted by atomic mass is 35.5. The Bertz CT molecular complexity index is 2710. The average Bonchev–Trinajstić information content (AvgIpc) is 3.83. The molecule has 6 aromatic rings. The number of amides is 1. The van der Waals surface area contributed by atoms with Crippen LogP contribution in [-0.2, 0) is 27.4 Å². The van der Waals surface area contributed by atoms with Crippen molar-refractivity contribution in [3.63, 3.8) is 0 Å². The van der Waals surface area contributed by atoms with E-state index in [0.717, 1.165) is 108 Å². The second-order valence-corrected chi connectivity index (χ2v) is 16.0. The van der Waals surface area contributed by atoms with Crippen LogP contribution in [0.15, 0.2) is 85.7 Å². The van der Waals surface area contributed by atoms with Gasteiger partial charge in [-0.3, -0.25) is 24.6 Å². The van der Waals surface area contributed by atoms with Gasteiger partial charge in [0.1, 0.15) is 23.1 Å². The number of rotatable bonds is 13. The van der Waals surface area contributed by atoms with Crippen LogP contribution in [0.5, 0.6) is 0 Å². The second-order valence-electron chi connectivity index (χ2n) is 15.7. The summed E-state index contributed by atoms with van der Waals surface area (Å²) in [6, 6.07) is 19.1. The first-order valence-electron chi connectivity index (χ1n) is 22.9. The van der Waals surface area contributed by atoms with Crippen molar-refractivity contribution in [3.05, 3.63) is 113 Å². The molecule has 1 unspecified atom stereocenters. The van der Waals surface area contributed by atoms with E-state index in [0.29, 0.717) is 58.3 Å². The monoisotopic (exact) mass is 937 g/mol. The fourth-order valence-electron chi connectivity index (χ4n) is 7.71. The number of nitrogens with one attached hydrogen (secondary N) is 2. The van der Waals surface area contributed by atoms with Crippen LogP contribution in [0.1, 0.15) is 57.0 Å². The molecule has 3 saturated heterocycles. The van der Waals surface area contributed by atoms with Gasteiger partial charge in [-0.05, 0) is 61.4 Å². The van der Waals surface area contributed by atoms with Crippen molar-refractivity contribution in [3.8, 4) is 34.7 Å². The highest BCUT2D eigenvalue weighted by Gasteiger charge is 2.29. The Labute approximate surface area is 401 Å². The lowest BCUT2D eigenvalue weighted by molar-refractivity contribution is -0.118. The van der Waals surface area contributed by atoms with Crippen molar-refractivity contribution >= 4 is 46.6 Å². The minimum Gasteiger partial charge on any atom is -0.379 e. The second kappa shape index (κ2) is 24.5. The number of nitrogens with two attached hydrogens (primary N) is 1. The Morgan fingerprint density at radius 3 is 1.75 bits per heavy atom. The van der Waals surface area contributed by atoms with Crippen LogP contribution in [0.3, 0.4) is 0 Å². The van der Waals surface area contributed by atoms with E-state index in [1.54, 1.807) is 68.4 Å². The van der Waals surface area contributed by atoms with E-state index in [9.17, 15) is 10.1 Å². The highest BCUT2D eigenvalue weighted by Crippen LogP contribution is 2.31. The maximum Gasteiger partial charge on any atom is 0.227 e. The van der Waals surface area contributed by atoms with Crippen LogP contribution >= 0.6 is 11.6 Å². The Hall–Kier alpha value is -7.26. The van der Waals surface area contributed by atoms with E-state index in [2.05, 4.69) is 66.4 Å². The third-order valence-electron chi connectivity index (χ3n) is 11.1. The molecule has 3 aliphatic heterocycles. The summed E-state index contributed by atoms with van der Waals surface area (Å²) in [6.45, 7) is 11.4. The van der Waals surface area contributed by atoms with E-state index in [1.165, 1.54) is 0 Å². The number of primary amides is 1. The van der Waals surface area contributed by atoms with Gasteiger partial charge in [0.25, 0.3) is 0 Å². The number of anilines is 5. The Kier molecular flexibility index (Phi) is 17.0. The maximum absolute atomic E-state index is 11.5. The summed E-state index contributed by atoms with van der Waals surface area (Å²) in [4.78, 5) is 53.5. The number of hydrogen-bond donors (Lipinski definition) is 3. The molecule has 0 aliphatic carbocycles. The minimum absolute atomic E-state index is 0.0355. The molecule has 9 rings (SSSR count). The molecule has 3 aliphatic rings. The average molecular weight is 939 g/mol. The van der Waals surface area contributed by atoms with Crippen molar-refractivity contribution in [1.29, 1.82) is 10.5 Å². The highest BCUT2D eigenvalue weighted by molar-refractivity contribution is 6.30. The number of pyridine rings is 4. The normalized spacial score (nSPS) is 16.1. The fraction of sp³-hybridized carbons (Fsp3) is 0.354. The molecule has 0 aromatic carbocycles. The molecule has 0 bridgehead atoms. The van der Waals surface area contributed by atoms with Crippen LogP contribution in [-0.4, -0.2) is 121 Å². The predicted octanol–water partition coefficient (Wildman–Crippen LogP) is 6.29. The van der Waals surface area contributed by atoms with Crippen LogP contribution < -0.4 is 21.3 Å². The fourth-order valence-corrected chi connectivity index (χ4v) is 7.86. The van der Waals surface area contributed by atoms with E-state index >= 15 is 0 Å². The largest absolute Gasteiger partial charge is 0.379 e. The van der Waals surface area contributed by atoms with Crippen molar-refractivity contribution in [2.45, 2.75) is 52.2 Å². The summed E-state index contributed by atoms with van der Waals surface area (Å²) in [5.74, 6) is 1.07. The van der Waals surface area contributed by atoms with Gasteiger partial charge in [-0.1, -0.05) is 25.4 Å². The van der Waals surface area contributed by atoms with E-state index in [-0.39, 0.29) is 23.5 Å². The zero-order valence-electron chi connectivity index (χ0n) is 38.8. The molecule has 20 heteroatoms. The molecule has 6 aromatic heterocycles. The zero-order chi connectivity index (χ0) is 48.4. The van der Waals surface area contributed by atoms with Crippen LogP contribution in [0.4, 0.5) is 29.1 Å². The van der Waals surface area contributed by atoms with Crippen LogP contribution in [0.2, 0.25) is 5.15 Å². The van der Waals surface area contributed by atoms with Gasteiger partial charge in [0.2, 0.25) is 17.8 Å². The number of nitriles is 2. The number of aromatic nitrogens is 8. The molecular formula is C48H53ClN16O3. The number of ether oxygens (including phenoxy) is 2. The lowest BCUT2D eigenvalue weighted by atomic mass is 10.1. The van der Waals surface area contributed by atoms with Crippen molar-refractivity contribution in [1.82, 2.24) is 49.7 Å². The Balaban J connectivity index is 0.000000198. The summed E-state index contributed by atoms with van der Waals surface area (Å²) >= 11 is 5.90. The number of nitrogens with zero attached hydrogens (tertiary/aromatic N) is 13.